The maximum atomic E-state index is 12.4. The van der Waals surface area contributed by atoms with Crippen LogP contribution in [0.25, 0.3) is 10.1 Å². The molecule has 0 spiro atoms. The van der Waals surface area contributed by atoms with Crippen molar-refractivity contribution in [3.63, 3.8) is 0 Å². The SMILES string of the molecule is CNC(=O)c1cc2cc(CP(NC(C)C(=O)OCC(C)C)Oc3ccccc3)ccc2s1. The van der Waals surface area contributed by atoms with Crippen molar-refractivity contribution in [1.82, 2.24) is 10.4 Å². The van der Waals surface area contributed by atoms with Crippen LogP contribution < -0.4 is 14.9 Å². The fraction of sp³-hybridized carbons (Fsp3) is 0.333. The second-order valence-electron chi connectivity index (χ2n) is 7.88. The highest BCUT2D eigenvalue weighted by atomic mass is 32.1. The van der Waals surface area contributed by atoms with Crippen LogP contribution in [0.5, 0.6) is 5.75 Å². The van der Waals surface area contributed by atoms with Crippen LogP contribution in [0.4, 0.5) is 0 Å². The van der Waals surface area contributed by atoms with Crippen molar-refractivity contribution in [2.45, 2.75) is 33.0 Å². The second-order valence-corrected chi connectivity index (χ2v) is 10.5. The number of thiophene rings is 1. The normalized spacial score (nSPS) is 13.0. The molecule has 2 atom stereocenters. The third-order valence-electron chi connectivity index (χ3n) is 4.57. The van der Waals surface area contributed by atoms with Crippen molar-refractivity contribution < 1.29 is 18.8 Å². The molecule has 2 unspecified atom stereocenters. The van der Waals surface area contributed by atoms with E-state index in [1.165, 1.54) is 11.3 Å². The highest BCUT2D eigenvalue weighted by molar-refractivity contribution is 7.50. The molecule has 0 bridgehead atoms. The summed E-state index contributed by atoms with van der Waals surface area (Å²) in [4.78, 5) is 25.0. The Morgan fingerprint density at radius 3 is 2.50 bits per heavy atom. The van der Waals surface area contributed by atoms with Crippen LogP contribution in [0, 0.1) is 5.92 Å². The van der Waals surface area contributed by atoms with Crippen molar-refractivity contribution in [2.75, 3.05) is 13.7 Å². The molecule has 170 valence electrons. The maximum absolute atomic E-state index is 12.4. The van der Waals surface area contributed by atoms with Gasteiger partial charge in [0.05, 0.1) is 11.5 Å². The highest BCUT2D eigenvalue weighted by Crippen LogP contribution is 2.39. The smallest absolute Gasteiger partial charge is 0.323 e. The van der Waals surface area contributed by atoms with Gasteiger partial charge < -0.3 is 14.6 Å². The van der Waals surface area contributed by atoms with Gasteiger partial charge in [-0.3, -0.25) is 14.7 Å². The number of fused-ring (bicyclic) bond motifs is 1. The third-order valence-corrected chi connectivity index (χ3v) is 7.44. The Hall–Kier alpha value is -2.47. The minimum absolute atomic E-state index is 0.0854. The number of para-hydroxylation sites is 1. The molecule has 8 heteroatoms. The van der Waals surface area contributed by atoms with Crippen molar-refractivity contribution >= 4 is 41.6 Å². The first-order valence-corrected chi connectivity index (χ1v) is 12.8. The van der Waals surface area contributed by atoms with Gasteiger partial charge in [-0.1, -0.05) is 38.1 Å². The molecule has 1 heterocycles. The molecule has 0 saturated carbocycles. The minimum atomic E-state index is -1.20. The van der Waals surface area contributed by atoms with Crippen LogP contribution in [0.15, 0.2) is 54.6 Å². The van der Waals surface area contributed by atoms with E-state index in [9.17, 15) is 9.59 Å². The molecule has 1 aromatic heterocycles. The fourth-order valence-corrected chi connectivity index (χ4v) is 5.59. The Labute approximate surface area is 194 Å². The van der Waals surface area contributed by atoms with Gasteiger partial charge in [-0.25, -0.2) is 0 Å². The number of hydrogen-bond donors (Lipinski definition) is 2. The van der Waals surface area contributed by atoms with Crippen LogP contribution in [-0.2, 0) is 15.7 Å². The summed E-state index contributed by atoms with van der Waals surface area (Å²) in [5, 5.41) is 7.01. The van der Waals surface area contributed by atoms with E-state index >= 15 is 0 Å². The number of benzene rings is 2. The van der Waals surface area contributed by atoms with E-state index in [0.717, 1.165) is 21.4 Å². The van der Waals surface area contributed by atoms with Crippen LogP contribution in [0.2, 0.25) is 0 Å². The number of ether oxygens (including phenoxy) is 1. The number of amides is 1. The molecule has 3 aromatic rings. The predicted octanol–water partition coefficient (Wildman–Crippen LogP) is 5.33. The molecule has 2 N–H and O–H groups in total. The molecule has 0 fully saturated rings. The number of hydrogen-bond acceptors (Lipinski definition) is 6. The van der Waals surface area contributed by atoms with Crippen LogP contribution in [0.1, 0.15) is 36.0 Å². The van der Waals surface area contributed by atoms with E-state index in [4.69, 9.17) is 9.26 Å². The maximum Gasteiger partial charge on any atom is 0.323 e. The topological polar surface area (TPSA) is 76.7 Å². The molecule has 3 rings (SSSR count). The molecule has 0 aliphatic carbocycles. The summed E-state index contributed by atoms with van der Waals surface area (Å²) in [6.07, 6.45) is 0.604. The van der Waals surface area contributed by atoms with E-state index in [0.29, 0.717) is 17.6 Å². The Balaban J connectivity index is 1.76. The Bertz CT molecular complexity index is 1050. The van der Waals surface area contributed by atoms with Gasteiger partial charge >= 0.3 is 5.97 Å². The van der Waals surface area contributed by atoms with Gasteiger partial charge in [0.15, 0.2) is 8.30 Å². The Morgan fingerprint density at radius 2 is 1.81 bits per heavy atom. The molecular formula is C24H29N2O4PS. The largest absolute Gasteiger partial charge is 0.464 e. The molecule has 2 aromatic carbocycles. The monoisotopic (exact) mass is 472 g/mol. The second kappa shape index (κ2) is 11.4. The minimum Gasteiger partial charge on any atom is -0.464 e. The van der Waals surface area contributed by atoms with E-state index in [1.54, 1.807) is 14.0 Å². The predicted molar refractivity (Wildman–Crippen MR) is 131 cm³/mol. The number of rotatable bonds is 10. The van der Waals surface area contributed by atoms with Gasteiger partial charge in [0.25, 0.3) is 5.91 Å². The van der Waals surface area contributed by atoms with Crippen LogP contribution in [0.3, 0.4) is 0 Å². The van der Waals surface area contributed by atoms with Gasteiger partial charge in [-0.15, -0.1) is 11.3 Å². The first kappa shape index (κ1) is 24.2. The van der Waals surface area contributed by atoms with Gasteiger partial charge in [0, 0.05) is 17.9 Å². The zero-order valence-electron chi connectivity index (χ0n) is 18.8. The summed E-state index contributed by atoms with van der Waals surface area (Å²) in [6, 6.07) is 17.1. The molecule has 0 aliphatic heterocycles. The Morgan fingerprint density at radius 1 is 1.06 bits per heavy atom. The highest BCUT2D eigenvalue weighted by Gasteiger charge is 2.22. The Kier molecular flexibility index (Phi) is 8.62. The number of esters is 1. The molecule has 32 heavy (non-hydrogen) atoms. The summed E-state index contributed by atoms with van der Waals surface area (Å²) in [6.45, 7) is 6.20. The summed E-state index contributed by atoms with van der Waals surface area (Å²) in [5.41, 5.74) is 1.07. The van der Waals surface area contributed by atoms with E-state index in [1.807, 2.05) is 62.4 Å². The third kappa shape index (κ3) is 6.76. The first-order valence-electron chi connectivity index (χ1n) is 10.5. The summed E-state index contributed by atoms with van der Waals surface area (Å²) in [7, 11) is 0.428. The number of carbonyl (C=O) groups is 2. The van der Waals surface area contributed by atoms with Crippen molar-refractivity contribution in [1.29, 1.82) is 0 Å². The van der Waals surface area contributed by atoms with Crippen LogP contribution in [-0.4, -0.2) is 31.6 Å². The van der Waals surface area contributed by atoms with Gasteiger partial charge in [-0.2, -0.15) is 0 Å². The first-order chi connectivity index (χ1) is 15.4. The van der Waals surface area contributed by atoms with Crippen molar-refractivity contribution in [3.8, 4) is 5.75 Å². The molecular weight excluding hydrogens is 443 g/mol. The lowest BCUT2D eigenvalue weighted by Gasteiger charge is -2.23. The summed E-state index contributed by atoms with van der Waals surface area (Å²) >= 11 is 1.47. The molecule has 6 nitrogen and oxygen atoms in total. The molecule has 1 amide bonds. The zero-order valence-corrected chi connectivity index (χ0v) is 20.5. The van der Waals surface area contributed by atoms with Gasteiger partial charge in [0.2, 0.25) is 0 Å². The summed E-state index contributed by atoms with van der Waals surface area (Å²) < 4.78 is 12.7. The average molecular weight is 473 g/mol. The van der Waals surface area contributed by atoms with Gasteiger partial charge in [0.1, 0.15) is 11.8 Å². The zero-order chi connectivity index (χ0) is 23.1. The lowest BCUT2D eigenvalue weighted by Crippen LogP contribution is -2.34. The van der Waals surface area contributed by atoms with Gasteiger partial charge in [-0.05, 0) is 54.1 Å². The number of nitrogens with one attached hydrogen (secondary N) is 2. The average Bonchev–Trinajstić information content (AvgIpc) is 3.21. The molecule has 0 saturated heterocycles. The van der Waals surface area contributed by atoms with Crippen molar-refractivity contribution in [3.05, 3.63) is 65.0 Å². The molecule has 0 radical (unpaired) electrons. The summed E-state index contributed by atoms with van der Waals surface area (Å²) in [5.74, 6) is 0.654. The van der Waals surface area contributed by atoms with Crippen LogP contribution >= 0.6 is 19.6 Å². The van der Waals surface area contributed by atoms with E-state index in [-0.39, 0.29) is 17.8 Å². The molecule has 0 aliphatic rings. The van der Waals surface area contributed by atoms with Crippen molar-refractivity contribution in [2.24, 2.45) is 5.92 Å². The lowest BCUT2D eigenvalue weighted by molar-refractivity contribution is -0.146. The quantitative estimate of drug-likeness (QED) is 0.308. The van der Waals surface area contributed by atoms with E-state index < -0.39 is 14.3 Å². The number of carbonyl (C=O) groups excluding carboxylic acids is 2. The lowest BCUT2D eigenvalue weighted by atomic mass is 10.2. The van der Waals surface area contributed by atoms with E-state index in [2.05, 4.69) is 16.5 Å². The fourth-order valence-electron chi connectivity index (χ4n) is 2.95. The standard InChI is InChI=1S/C24H29N2O4PS/c1-16(2)14-29-24(28)17(3)26-31(30-20-8-6-5-7-9-20)15-18-10-11-21-19(12-18)13-22(32-21)23(27)25-4/h5-13,16-17,26H,14-15H2,1-4H3,(H,25,27).